The summed E-state index contributed by atoms with van der Waals surface area (Å²) in [6.45, 7) is 6.11. The van der Waals surface area contributed by atoms with Gasteiger partial charge in [0.15, 0.2) is 5.78 Å². The van der Waals surface area contributed by atoms with Gasteiger partial charge in [-0.3, -0.25) is 24.0 Å². The van der Waals surface area contributed by atoms with Gasteiger partial charge in [-0.05, 0) is 11.5 Å². The number of carboxylic acids is 1. The number of benzene rings is 2. The van der Waals surface area contributed by atoms with Crippen LogP contribution in [0.1, 0.15) is 40.5 Å². The molecule has 1 atom stereocenters. The predicted molar refractivity (Wildman–Crippen MR) is 128 cm³/mol. The van der Waals surface area contributed by atoms with E-state index in [1.807, 2.05) is 37.4 Å². The van der Waals surface area contributed by atoms with Crippen molar-refractivity contribution in [3.8, 4) is 0 Å². The maximum Gasteiger partial charge on any atom is 0.313 e. The highest BCUT2D eigenvalue weighted by Crippen LogP contribution is 2.22. The summed E-state index contributed by atoms with van der Waals surface area (Å²) in [7, 11) is 0. The van der Waals surface area contributed by atoms with Crippen LogP contribution in [0.2, 0.25) is 0 Å². The third-order valence-corrected chi connectivity index (χ3v) is 3.89. The van der Waals surface area contributed by atoms with Crippen LogP contribution in [0.5, 0.6) is 0 Å². The van der Waals surface area contributed by atoms with Crippen LogP contribution in [0.3, 0.4) is 0 Å². The molecule has 0 saturated carbocycles. The molecule has 2 aromatic carbocycles. The summed E-state index contributed by atoms with van der Waals surface area (Å²) < 4.78 is 12.5. The predicted octanol–water partition coefficient (Wildman–Crippen LogP) is 2.84. The fraction of sp³-hybridized carbons (Fsp3) is 0.375. The molecule has 3 amide bonds. The van der Waals surface area contributed by atoms with Gasteiger partial charge in [0.25, 0.3) is 0 Å². The molecule has 0 aliphatic rings. The second-order valence-corrected chi connectivity index (χ2v) is 6.69. The van der Waals surface area contributed by atoms with Crippen molar-refractivity contribution >= 4 is 45.9 Å². The number of carbonyl (C=O) groups excluding carboxylic acids is 4. The highest BCUT2D eigenvalue weighted by molar-refractivity contribution is 6.40. The first-order valence-corrected chi connectivity index (χ1v) is 10.9. The largest absolute Gasteiger partial charge is 0.481 e. The van der Waals surface area contributed by atoms with E-state index in [-0.39, 0.29) is 0 Å². The summed E-state index contributed by atoms with van der Waals surface area (Å²) in [4.78, 5) is 57.8. The van der Waals surface area contributed by atoms with E-state index < -0.39 is 55.2 Å². The number of aliphatic carboxylic acids is 1. The first-order valence-electron chi connectivity index (χ1n) is 10.9. The number of anilines is 1. The number of Topliss-reactive ketones (excluding diaryl/α,β-unsaturated/α-hetero) is 1. The molecule has 0 aromatic heterocycles. The van der Waals surface area contributed by atoms with Crippen molar-refractivity contribution in [2.24, 2.45) is 0 Å². The smallest absolute Gasteiger partial charge is 0.313 e. The van der Waals surface area contributed by atoms with E-state index in [1.165, 1.54) is 6.42 Å². The maximum atomic E-state index is 12.5. The number of hydrogen-bond donors (Lipinski definition) is 4. The van der Waals surface area contributed by atoms with Crippen LogP contribution < -0.4 is 16.0 Å². The lowest BCUT2D eigenvalue weighted by Gasteiger charge is -2.14. The van der Waals surface area contributed by atoms with E-state index >= 15 is 0 Å². The molecule has 186 valence electrons. The molecule has 0 saturated heterocycles. The minimum Gasteiger partial charge on any atom is -0.481 e. The molecule has 0 spiro atoms. The molecular weight excluding hydrogens is 445 g/mol. The van der Waals surface area contributed by atoms with E-state index in [9.17, 15) is 28.4 Å². The zero-order valence-electron chi connectivity index (χ0n) is 19.8. The SMILES string of the molecule is CC.CCC.O=C(O)CC(NC(=O)CNC(=O)C(=O)Nc1cccc2ccccc12)C(=O)CF. The Morgan fingerprint density at radius 3 is 2.12 bits per heavy atom. The molecule has 2 rings (SSSR count). The number of carboxylic acid groups (broad SMARTS) is 1. The number of alkyl halides is 1. The summed E-state index contributed by atoms with van der Waals surface area (Å²) in [5, 5.41) is 16.8. The quantitative estimate of drug-likeness (QED) is 0.431. The Morgan fingerprint density at radius 1 is 0.941 bits per heavy atom. The van der Waals surface area contributed by atoms with Crippen LogP contribution in [0.25, 0.3) is 10.8 Å². The van der Waals surface area contributed by atoms with E-state index in [0.717, 1.165) is 10.8 Å². The average Bonchev–Trinajstić information content (AvgIpc) is 2.83. The van der Waals surface area contributed by atoms with Gasteiger partial charge in [0, 0.05) is 11.1 Å². The molecule has 0 radical (unpaired) electrons. The zero-order valence-corrected chi connectivity index (χ0v) is 19.8. The molecule has 34 heavy (non-hydrogen) atoms. The summed E-state index contributed by atoms with van der Waals surface area (Å²) >= 11 is 0. The monoisotopic (exact) mass is 477 g/mol. The van der Waals surface area contributed by atoms with Crippen LogP contribution in [-0.2, 0) is 24.0 Å². The third kappa shape index (κ3) is 10.7. The first-order chi connectivity index (χ1) is 16.2. The summed E-state index contributed by atoms with van der Waals surface area (Å²) in [5.74, 6) is -5.59. The minimum absolute atomic E-state index is 0.405. The average molecular weight is 478 g/mol. The van der Waals surface area contributed by atoms with E-state index in [4.69, 9.17) is 5.11 Å². The van der Waals surface area contributed by atoms with Gasteiger partial charge in [0.05, 0.1) is 13.0 Å². The molecule has 0 bridgehead atoms. The van der Waals surface area contributed by atoms with Gasteiger partial charge in [0.2, 0.25) is 5.91 Å². The second kappa shape index (κ2) is 16.8. The van der Waals surface area contributed by atoms with Crippen LogP contribution in [0.4, 0.5) is 10.1 Å². The standard InChI is InChI=1S/C19H18FN3O6.C3H8.C2H6/c20-9-15(24)14(8-17(26)27)22-16(25)10-21-18(28)19(29)23-13-7-3-5-11-4-1-2-6-12(11)13;1-3-2;1-2/h1-7,14H,8-10H2,(H,21,28)(H,22,25)(H,23,29)(H,26,27);3H2,1-2H3;1-2H3. The topological polar surface area (TPSA) is 142 Å². The Balaban J connectivity index is 0.00000201. The lowest BCUT2D eigenvalue weighted by molar-refractivity contribution is -0.140. The summed E-state index contributed by atoms with van der Waals surface area (Å²) in [6, 6.07) is 10.8. The Labute approximate surface area is 198 Å². The number of nitrogens with one attached hydrogen (secondary N) is 3. The number of amides is 3. The number of rotatable bonds is 8. The van der Waals surface area contributed by atoms with E-state index in [0.29, 0.717) is 5.69 Å². The van der Waals surface area contributed by atoms with Gasteiger partial charge in [0.1, 0.15) is 12.7 Å². The van der Waals surface area contributed by atoms with Gasteiger partial charge in [-0.15, -0.1) is 0 Å². The molecule has 0 heterocycles. The third-order valence-electron chi connectivity index (χ3n) is 3.89. The highest BCUT2D eigenvalue weighted by Gasteiger charge is 2.24. The van der Waals surface area contributed by atoms with Gasteiger partial charge in [-0.2, -0.15) is 0 Å². The van der Waals surface area contributed by atoms with Gasteiger partial charge in [-0.25, -0.2) is 4.39 Å². The Hall–Kier alpha value is -3.82. The van der Waals surface area contributed by atoms with Crippen molar-refractivity contribution in [3.63, 3.8) is 0 Å². The van der Waals surface area contributed by atoms with Crippen LogP contribution in [-0.4, -0.2) is 53.8 Å². The lowest BCUT2D eigenvalue weighted by atomic mass is 10.1. The number of ketones is 1. The number of halogens is 1. The van der Waals surface area contributed by atoms with Crippen LogP contribution >= 0.6 is 0 Å². The van der Waals surface area contributed by atoms with Crippen molar-refractivity contribution in [1.82, 2.24) is 10.6 Å². The summed E-state index contributed by atoms with van der Waals surface area (Å²) in [6.07, 6.45) is 0.448. The second-order valence-electron chi connectivity index (χ2n) is 6.69. The molecule has 0 aliphatic carbocycles. The molecular formula is C24H32FN3O6. The van der Waals surface area contributed by atoms with Crippen molar-refractivity contribution in [2.45, 2.75) is 46.6 Å². The first kappa shape index (κ1) is 30.2. The normalized spacial score (nSPS) is 10.4. The molecule has 0 aliphatic heterocycles. The maximum absolute atomic E-state index is 12.5. The van der Waals surface area contributed by atoms with Crippen molar-refractivity contribution in [1.29, 1.82) is 0 Å². The fourth-order valence-corrected chi connectivity index (χ4v) is 2.51. The number of fused-ring (bicyclic) bond motifs is 1. The van der Waals surface area contributed by atoms with Crippen LogP contribution in [0.15, 0.2) is 42.5 Å². The Kier molecular flexibility index (Phi) is 14.9. The molecule has 9 nitrogen and oxygen atoms in total. The number of hydrogen-bond acceptors (Lipinski definition) is 5. The van der Waals surface area contributed by atoms with Crippen molar-refractivity contribution in [2.75, 3.05) is 18.5 Å². The van der Waals surface area contributed by atoms with E-state index in [1.54, 1.807) is 24.3 Å². The molecule has 4 N–H and O–H groups in total. The Bertz CT molecular complexity index is 975. The highest BCUT2D eigenvalue weighted by atomic mass is 19.1. The molecule has 0 fully saturated rings. The lowest BCUT2D eigenvalue weighted by Crippen LogP contribution is -2.48. The zero-order chi connectivity index (χ0) is 26.1. The van der Waals surface area contributed by atoms with Gasteiger partial charge in [-0.1, -0.05) is 70.5 Å². The molecule has 10 heteroatoms. The van der Waals surface area contributed by atoms with Gasteiger partial charge < -0.3 is 21.1 Å². The van der Waals surface area contributed by atoms with Crippen molar-refractivity contribution < 1.29 is 33.5 Å². The number of carbonyl (C=O) groups is 5. The van der Waals surface area contributed by atoms with Crippen molar-refractivity contribution in [3.05, 3.63) is 42.5 Å². The molecule has 2 aromatic rings. The Morgan fingerprint density at radius 2 is 1.53 bits per heavy atom. The fourth-order valence-electron chi connectivity index (χ4n) is 2.51. The van der Waals surface area contributed by atoms with Crippen LogP contribution in [0, 0.1) is 0 Å². The van der Waals surface area contributed by atoms with Gasteiger partial charge >= 0.3 is 17.8 Å². The minimum atomic E-state index is -1.56. The van der Waals surface area contributed by atoms with E-state index in [2.05, 4.69) is 24.5 Å². The molecule has 1 unspecified atom stereocenters. The summed E-state index contributed by atoms with van der Waals surface area (Å²) in [5.41, 5.74) is 0.405.